The number of alkyl halides is 3. The highest BCUT2D eigenvalue weighted by atomic mass is 35.5. The van der Waals surface area contributed by atoms with Crippen molar-refractivity contribution in [3.8, 4) is 22.8 Å². The first-order valence-corrected chi connectivity index (χ1v) is 10.1. The summed E-state index contributed by atoms with van der Waals surface area (Å²) >= 11 is 5.71. The van der Waals surface area contributed by atoms with E-state index < -0.39 is 11.7 Å². The highest BCUT2D eigenvalue weighted by Crippen LogP contribution is 2.38. The molecule has 1 aliphatic rings. The number of hydrogen-bond donors (Lipinski definition) is 1. The van der Waals surface area contributed by atoms with E-state index in [-0.39, 0.29) is 16.7 Å². The Morgan fingerprint density at radius 1 is 0.968 bits per heavy atom. The third-order valence-electron chi connectivity index (χ3n) is 4.91. The van der Waals surface area contributed by atoms with E-state index in [1.165, 1.54) is 12.1 Å². The van der Waals surface area contributed by atoms with Crippen LogP contribution in [0.5, 0.6) is 11.5 Å². The third-order valence-corrected chi connectivity index (χ3v) is 5.24. The van der Waals surface area contributed by atoms with Gasteiger partial charge in [-0.2, -0.15) is 13.2 Å². The van der Waals surface area contributed by atoms with Gasteiger partial charge in [0.15, 0.2) is 0 Å². The summed E-state index contributed by atoms with van der Waals surface area (Å²) in [5.74, 6) is 1.17. The van der Waals surface area contributed by atoms with Gasteiger partial charge in [0, 0.05) is 43.2 Å². The number of nitrogen functional groups attached to an aromatic ring is 1. The quantitative estimate of drug-likeness (QED) is 0.560. The van der Waals surface area contributed by atoms with E-state index in [9.17, 15) is 13.2 Å². The van der Waals surface area contributed by atoms with Gasteiger partial charge in [0.05, 0.1) is 16.3 Å². The van der Waals surface area contributed by atoms with Crippen molar-refractivity contribution in [1.29, 1.82) is 0 Å². The summed E-state index contributed by atoms with van der Waals surface area (Å²) in [5.41, 5.74) is 5.76. The van der Waals surface area contributed by atoms with Crippen molar-refractivity contribution in [2.45, 2.75) is 25.4 Å². The Balaban J connectivity index is 1.72. The minimum Gasteiger partial charge on any atom is -0.457 e. The number of nitrogens with two attached hydrogens (primary N) is 1. The van der Waals surface area contributed by atoms with E-state index >= 15 is 0 Å². The van der Waals surface area contributed by atoms with Gasteiger partial charge in [-0.25, -0.2) is 15.0 Å². The Morgan fingerprint density at radius 3 is 2.35 bits per heavy atom. The lowest BCUT2D eigenvalue weighted by Gasteiger charge is -2.28. The SMILES string of the molecule is Nc1ncc(-c2cc(Oc3ccc(Cl)c(C(F)(F)F)c3)cc(N3CCCCC3)n2)cn1. The number of nitrogens with zero attached hydrogens (tertiary/aromatic N) is 4. The third kappa shape index (κ3) is 4.99. The predicted octanol–water partition coefficient (Wildman–Crippen LogP) is 5.58. The molecule has 3 aromatic rings. The van der Waals surface area contributed by atoms with Crippen molar-refractivity contribution < 1.29 is 17.9 Å². The summed E-state index contributed by atoms with van der Waals surface area (Å²) in [6, 6.07) is 6.79. The van der Waals surface area contributed by atoms with Crippen LogP contribution in [0.15, 0.2) is 42.7 Å². The minimum atomic E-state index is -4.58. The van der Waals surface area contributed by atoms with Gasteiger partial charge in [-0.3, -0.25) is 0 Å². The fraction of sp³-hybridized carbons (Fsp3) is 0.286. The first-order valence-electron chi connectivity index (χ1n) is 9.69. The van der Waals surface area contributed by atoms with Gasteiger partial charge in [0.25, 0.3) is 0 Å². The van der Waals surface area contributed by atoms with Gasteiger partial charge < -0.3 is 15.4 Å². The molecule has 3 heterocycles. The lowest BCUT2D eigenvalue weighted by atomic mass is 10.1. The maximum Gasteiger partial charge on any atom is 0.417 e. The number of pyridine rings is 1. The Morgan fingerprint density at radius 2 is 1.68 bits per heavy atom. The Labute approximate surface area is 181 Å². The first-order chi connectivity index (χ1) is 14.8. The molecule has 0 spiro atoms. The molecule has 0 amide bonds. The molecule has 1 aromatic carbocycles. The highest BCUT2D eigenvalue weighted by molar-refractivity contribution is 6.31. The van der Waals surface area contributed by atoms with Crippen LogP contribution in [0.2, 0.25) is 5.02 Å². The van der Waals surface area contributed by atoms with Crippen LogP contribution < -0.4 is 15.4 Å². The van der Waals surface area contributed by atoms with Gasteiger partial charge in [-0.05, 0) is 37.5 Å². The van der Waals surface area contributed by atoms with Crippen LogP contribution in [0, 0.1) is 0 Å². The molecule has 10 heteroatoms. The van der Waals surface area contributed by atoms with Crippen molar-refractivity contribution in [2.75, 3.05) is 23.7 Å². The number of aromatic nitrogens is 3. The molecular weight excluding hydrogens is 431 g/mol. The maximum atomic E-state index is 13.2. The van der Waals surface area contributed by atoms with Gasteiger partial charge in [-0.1, -0.05) is 11.6 Å². The first kappa shape index (κ1) is 21.2. The van der Waals surface area contributed by atoms with Gasteiger partial charge in [-0.15, -0.1) is 0 Å². The number of halogens is 4. The largest absolute Gasteiger partial charge is 0.457 e. The highest BCUT2D eigenvalue weighted by Gasteiger charge is 2.33. The van der Waals surface area contributed by atoms with Crippen molar-refractivity contribution in [3.05, 3.63) is 53.3 Å². The molecule has 2 aromatic heterocycles. The molecular formula is C21H19ClF3N5O. The lowest BCUT2D eigenvalue weighted by Crippen LogP contribution is -2.30. The summed E-state index contributed by atoms with van der Waals surface area (Å²) < 4.78 is 45.4. The molecule has 1 aliphatic heterocycles. The molecule has 1 fully saturated rings. The smallest absolute Gasteiger partial charge is 0.417 e. The standard InChI is InChI=1S/C21H19ClF3N5O/c22-17-5-4-14(8-16(17)21(23,24)25)31-15-9-18(13-11-27-20(26)28-12-13)29-19(10-15)30-6-2-1-3-7-30/h4-5,8-12H,1-3,6-7H2,(H2,26,27,28). The van der Waals surface area contributed by atoms with Crippen LogP contribution >= 0.6 is 11.6 Å². The normalized spacial score (nSPS) is 14.5. The zero-order chi connectivity index (χ0) is 22.0. The second-order valence-corrected chi connectivity index (χ2v) is 7.57. The van der Waals surface area contributed by atoms with Crippen molar-refractivity contribution in [2.24, 2.45) is 0 Å². The fourth-order valence-corrected chi connectivity index (χ4v) is 3.60. The Hall–Kier alpha value is -3.07. The summed E-state index contributed by atoms with van der Waals surface area (Å²) in [5, 5.41) is -0.386. The van der Waals surface area contributed by atoms with Crippen LogP contribution in [0.1, 0.15) is 24.8 Å². The summed E-state index contributed by atoms with van der Waals surface area (Å²) in [6.45, 7) is 1.68. The molecule has 6 nitrogen and oxygen atoms in total. The fourth-order valence-electron chi connectivity index (χ4n) is 3.37. The molecule has 162 valence electrons. The van der Waals surface area contributed by atoms with E-state index in [0.717, 1.165) is 38.4 Å². The number of ether oxygens (including phenoxy) is 1. The average Bonchev–Trinajstić information content (AvgIpc) is 2.75. The second-order valence-electron chi connectivity index (χ2n) is 7.17. The van der Waals surface area contributed by atoms with Gasteiger partial charge in [0.2, 0.25) is 5.95 Å². The lowest BCUT2D eigenvalue weighted by molar-refractivity contribution is -0.137. The number of rotatable bonds is 4. The molecule has 0 saturated carbocycles. The number of benzene rings is 1. The number of anilines is 2. The van der Waals surface area contributed by atoms with Crippen molar-refractivity contribution in [1.82, 2.24) is 15.0 Å². The molecule has 31 heavy (non-hydrogen) atoms. The molecule has 0 unspecified atom stereocenters. The monoisotopic (exact) mass is 449 g/mol. The van der Waals surface area contributed by atoms with Crippen LogP contribution in [0.3, 0.4) is 0 Å². The molecule has 1 saturated heterocycles. The van der Waals surface area contributed by atoms with Crippen LogP contribution in [0.25, 0.3) is 11.3 Å². The summed E-state index contributed by atoms with van der Waals surface area (Å²) in [4.78, 5) is 14.8. The van der Waals surface area contributed by atoms with Crippen LogP contribution in [-0.4, -0.2) is 28.0 Å². The Bertz CT molecular complexity index is 1070. The van der Waals surface area contributed by atoms with Crippen LogP contribution in [0.4, 0.5) is 24.9 Å². The van der Waals surface area contributed by atoms with E-state index in [1.807, 2.05) is 0 Å². The number of piperidine rings is 1. The molecule has 0 radical (unpaired) electrons. The second kappa shape index (κ2) is 8.58. The topological polar surface area (TPSA) is 77.2 Å². The summed E-state index contributed by atoms with van der Waals surface area (Å²) in [7, 11) is 0. The minimum absolute atomic E-state index is 0.0204. The predicted molar refractivity (Wildman–Crippen MR) is 112 cm³/mol. The van der Waals surface area contributed by atoms with E-state index in [0.29, 0.717) is 22.8 Å². The molecule has 4 rings (SSSR count). The van der Waals surface area contributed by atoms with Crippen LogP contribution in [-0.2, 0) is 6.18 Å². The zero-order valence-electron chi connectivity index (χ0n) is 16.4. The summed E-state index contributed by atoms with van der Waals surface area (Å²) in [6.07, 6.45) is 1.73. The molecule has 0 bridgehead atoms. The van der Waals surface area contributed by atoms with Gasteiger partial charge >= 0.3 is 6.18 Å². The van der Waals surface area contributed by atoms with E-state index in [4.69, 9.17) is 27.1 Å². The molecule has 0 atom stereocenters. The molecule has 2 N–H and O–H groups in total. The van der Waals surface area contributed by atoms with Gasteiger partial charge in [0.1, 0.15) is 17.3 Å². The maximum absolute atomic E-state index is 13.2. The van der Waals surface area contributed by atoms with Crippen molar-refractivity contribution >= 4 is 23.4 Å². The average molecular weight is 450 g/mol. The molecule has 0 aliphatic carbocycles. The van der Waals surface area contributed by atoms with E-state index in [1.54, 1.807) is 24.5 Å². The number of hydrogen-bond acceptors (Lipinski definition) is 6. The van der Waals surface area contributed by atoms with Crippen molar-refractivity contribution in [3.63, 3.8) is 0 Å². The Kier molecular flexibility index (Phi) is 5.86. The van der Waals surface area contributed by atoms with E-state index in [2.05, 4.69) is 14.9 Å². The zero-order valence-corrected chi connectivity index (χ0v) is 17.1.